The fourth-order valence-electron chi connectivity index (χ4n) is 11.9. The van der Waals surface area contributed by atoms with E-state index >= 15 is 9.59 Å². The van der Waals surface area contributed by atoms with Crippen molar-refractivity contribution in [1.82, 2.24) is 58.1 Å². The fraction of sp³-hybridized carbons (Fsp3) is 0.581. The van der Waals surface area contributed by atoms with Crippen LogP contribution in [0.3, 0.4) is 0 Å². The largest absolute Gasteiger partial charge is 0.508 e. The maximum Gasteiger partial charge on any atom is 0.246 e. The number of aromatic hydroxyl groups is 1. The predicted octanol–water partition coefficient (Wildman–Crippen LogP) is -5.73. The van der Waals surface area contributed by atoms with Gasteiger partial charge in [-0.05, 0) is 112 Å². The second-order valence-electron chi connectivity index (χ2n) is 24.2. The van der Waals surface area contributed by atoms with Gasteiger partial charge >= 0.3 is 0 Å². The number of fused-ring (bicyclic) bond motifs is 2. The van der Waals surface area contributed by atoms with Gasteiger partial charge in [0.15, 0.2) is 0 Å². The molecule has 13 unspecified atom stereocenters. The van der Waals surface area contributed by atoms with Gasteiger partial charge in [0.05, 0.1) is 32.6 Å². The van der Waals surface area contributed by atoms with Crippen LogP contribution in [0.25, 0.3) is 0 Å². The summed E-state index contributed by atoms with van der Waals surface area (Å²) in [6.07, 6.45) is 1.11. The van der Waals surface area contributed by atoms with Crippen LogP contribution in [-0.4, -0.2) is 214 Å². The molecule has 2 aromatic rings. The van der Waals surface area contributed by atoms with E-state index in [2.05, 4.69) is 53.2 Å². The van der Waals surface area contributed by atoms with Crippen molar-refractivity contribution in [1.29, 1.82) is 0 Å². The first-order valence-electron chi connectivity index (χ1n) is 32.0. The number of carbonyl (C=O) groups is 14. The molecule has 2 aliphatic heterocycles. The summed E-state index contributed by atoms with van der Waals surface area (Å²) >= 11 is 2.53. The van der Waals surface area contributed by atoms with Crippen LogP contribution in [0.15, 0.2) is 54.6 Å². The van der Waals surface area contributed by atoms with Crippen LogP contribution in [0.4, 0.5) is 0 Å². The van der Waals surface area contributed by atoms with Crippen LogP contribution < -0.4 is 81.8 Å². The number of nitrogens with one attached hydrogen (secondary N) is 10. The molecule has 2 aromatic carbocycles. The summed E-state index contributed by atoms with van der Waals surface area (Å²) in [5, 5.41) is 45.4. The van der Waals surface area contributed by atoms with Gasteiger partial charge in [-0.15, -0.1) is 0 Å². The molecule has 4 aliphatic rings. The molecule has 0 bridgehead atoms. The molecule has 0 spiro atoms. The second kappa shape index (κ2) is 38.2. The summed E-state index contributed by atoms with van der Waals surface area (Å²) in [6.45, 7) is -1.95. The number of nitrogens with two attached hydrogens (primary N) is 5. The van der Waals surface area contributed by atoms with E-state index in [0.29, 0.717) is 49.7 Å². The minimum Gasteiger partial charge on any atom is -0.508 e. The Morgan fingerprint density at radius 3 is 1.78 bits per heavy atom. The quantitative estimate of drug-likeness (QED) is 0.0390. The Morgan fingerprint density at radius 2 is 1.18 bits per heavy atom. The van der Waals surface area contributed by atoms with Gasteiger partial charge in [0.25, 0.3) is 0 Å². The van der Waals surface area contributed by atoms with Gasteiger partial charge in [0.2, 0.25) is 82.7 Å². The maximum absolute atomic E-state index is 15.4. The van der Waals surface area contributed by atoms with E-state index in [0.717, 1.165) is 0 Å². The Bertz CT molecular complexity index is 3100. The Labute approximate surface area is 563 Å². The van der Waals surface area contributed by atoms with E-state index in [9.17, 15) is 67.7 Å². The monoisotopic (exact) mass is 1380 g/mol. The lowest BCUT2D eigenvalue weighted by molar-refractivity contribution is -0.142. The third-order valence-electron chi connectivity index (χ3n) is 17.1. The Kier molecular flexibility index (Phi) is 30.4. The maximum atomic E-state index is 15.4. The van der Waals surface area contributed by atoms with Crippen molar-refractivity contribution < 1.29 is 77.3 Å². The molecular weight excluding hydrogens is 1290 g/mol. The SMILES string of the molecule is NCCCCC(NC(=O)C1CCCN1C(=O)C1CSC2CCC3C(CO)C3CCC2SCC(NC(=O)CNC(=O)CNC(=O)CN)C(=O)NC(Cc2ccc(O)cc2)C(=O)NC(Cc2ccccc2)C(=O)NC(CCC(N)=O)C(=O)NC(CC(N)=O)C(=O)N1)C(=O)NCC(N)=O. The number of phenols is 1. The molecule has 13 atom stereocenters. The second-order valence-corrected chi connectivity index (χ2v) is 26.8. The molecule has 2 saturated carbocycles. The number of rotatable bonds is 26. The number of likely N-dealkylation sites (tertiary alicyclic amines) is 1. The lowest BCUT2D eigenvalue weighted by atomic mass is 10.00. The number of benzene rings is 2. The number of nitrogens with zero attached hydrogens (tertiary/aromatic N) is 1. The van der Waals surface area contributed by atoms with Gasteiger partial charge < -0.3 is 96.9 Å². The van der Waals surface area contributed by atoms with Crippen LogP contribution in [0, 0.1) is 17.8 Å². The number of hydrogen-bond acceptors (Lipinski definition) is 20. The number of aliphatic hydroxyl groups is 1. The number of aliphatic hydroxyl groups excluding tert-OH is 1. The summed E-state index contributed by atoms with van der Waals surface area (Å²) in [7, 11) is 0. The van der Waals surface area contributed by atoms with Crippen molar-refractivity contribution >= 4 is 106 Å². The summed E-state index contributed by atoms with van der Waals surface area (Å²) < 4.78 is 0. The summed E-state index contributed by atoms with van der Waals surface area (Å²) in [5.41, 5.74) is 28.5. The van der Waals surface area contributed by atoms with E-state index in [1.807, 2.05) is 0 Å². The standard InChI is InChI=1S/C62H90N16O16S2/c63-21-5-4-9-39(55(87)70-27-51(67)83)73-61(93)46-10-6-22-78(46)62(94)45-32-96-48-19-16-37-36(38(37)30-79)15-18-47(48)95-31-44(71-54(86)29-69-53(85)28-68-52(84)26-64)60(92)75-42(24-34-11-13-35(80)14-12-34)58(90)74-41(23-33-7-2-1-3-8-33)57(89)72-40(17-20-49(65)81)56(88)76-43(25-50(66)82)59(91)77-45/h1-3,7-8,11-14,36-48,79-80H,4-6,9-10,15-32,63-64H2,(H2,65,81)(H2,66,82)(H2,67,83)(H,68,84)(H,69,85)(H,70,87)(H,71,86)(H,72,89)(H,73,93)(H,74,90)(H,75,92)(H,76,88)(H,77,91). The first-order valence-corrected chi connectivity index (χ1v) is 34.1. The molecule has 2 saturated heterocycles. The highest BCUT2D eigenvalue weighted by atomic mass is 32.2. The van der Waals surface area contributed by atoms with Crippen LogP contribution in [-0.2, 0) is 80.0 Å². The first kappa shape index (κ1) is 76.4. The van der Waals surface area contributed by atoms with Gasteiger partial charge in [-0.3, -0.25) is 67.1 Å². The minimum atomic E-state index is -1.86. The molecule has 22 N–H and O–H groups in total. The zero-order chi connectivity index (χ0) is 70.0. The molecule has 526 valence electrons. The van der Waals surface area contributed by atoms with E-state index in [1.165, 1.54) is 52.7 Å². The topological polar surface area (TPSA) is 533 Å². The van der Waals surface area contributed by atoms with Gasteiger partial charge in [0, 0.05) is 54.4 Å². The van der Waals surface area contributed by atoms with Crippen LogP contribution >= 0.6 is 23.5 Å². The Hall–Kier alpha value is -8.60. The molecular formula is C62H90N16O16S2. The smallest absolute Gasteiger partial charge is 0.246 e. The molecule has 0 radical (unpaired) electrons. The fourth-order valence-corrected chi connectivity index (χ4v) is 15.1. The lowest BCUT2D eigenvalue weighted by Crippen LogP contribution is -2.61. The third kappa shape index (κ3) is 24.2. The molecule has 14 amide bonds. The Balaban J connectivity index is 1.45. The van der Waals surface area contributed by atoms with E-state index in [-0.39, 0.29) is 86.8 Å². The number of primary amides is 3. The lowest BCUT2D eigenvalue weighted by Gasteiger charge is -2.33. The highest BCUT2D eigenvalue weighted by molar-refractivity contribution is 8.03. The number of phenolic OH excluding ortho intramolecular Hbond substituents is 1. The first-order chi connectivity index (χ1) is 45.9. The average molecular weight is 1380 g/mol. The number of amides is 14. The molecule has 2 heterocycles. The van der Waals surface area contributed by atoms with Gasteiger partial charge in [0.1, 0.15) is 54.1 Å². The molecule has 6 rings (SSSR count). The highest BCUT2D eigenvalue weighted by Gasteiger charge is 2.51. The van der Waals surface area contributed by atoms with Gasteiger partial charge in [-0.25, -0.2) is 0 Å². The van der Waals surface area contributed by atoms with Crippen LogP contribution in [0.1, 0.15) is 88.2 Å². The normalized spacial score (nSPS) is 25.5. The summed E-state index contributed by atoms with van der Waals surface area (Å²) in [4.78, 5) is 194. The van der Waals surface area contributed by atoms with E-state index in [1.54, 1.807) is 30.3 Å². The molecule has 2 aliphatic carbocycles. The average Bonchev–Trinajstić information content (AvgIpc) is 1.62. The van der Waals surface area contributed by atoms with Gasteiger partial charge in [-0.1, -0.05) is 42.5 Å². The molecule has 0 aromatic heterocycles. The summed E-state index contributed by atoms with van der Waals surface area (Å²) in [6, 6.07) is 1.83. The molecule has 96 heavy (non-hydrogen) atoms. The zero-order valence-electron chi connectivity index (χ0n) is 53.2. The molecule has 32 nitrogen and oxygen atoms in total. The Morgan fingerprint density at radius 1 is 0.604 bits per heavy atom. The minimum absolute atomic E-state index is 0.00400. The number of carbonyl (C=O) groups excluding carboxylic acids is 14. The van der Waals surface area contributed by atoms with Crippen molar-refractivity contribution in [2.75, 3.05) is 57.4 Å². The third-order valence-corrected chi connectivity index (χ3v) is 20.3. The van der Waals surface area contributed by atoms with Crippen molar-refractivity contribution in [2.45, 2.75) is 149 Å². The van der Waals surface area contributed by atoms with E-state index in [4.69, 9.17) is 28.7 Å². The van der Waals surface area contributed by atoms with Crippen LogP contribution in [0.2, 0.25) is 0 Å². The van der Waals surface area contributed by atoms with E-state index < -0.39 is 187 Å². The predicted molar refractivity (Wildman–Crippen MR) is 351 cm³/mol. The highest BCUT2D eigenvalue weighted by Crippen LogP contribution is 2.55. The zero-order valence-corrected chi connectivity index (χ0v) is 54.9. The van der Waals surface area contributed by atoms with Gasteiger partial charge in [-0.2, -0.15) is 23.5 Å². The van der Waals surface area contributed by atoms with Crippen molar-refractivity contribution in [3.63, 3.8) is 0 Å². The number of thioether (sulfide) groups is 2. The van der Waals surface area contributed by atoms with Crippen molar-refractivity contribution in [2.24, 2.45) is 46.4 Å². The molecule has 4 fully saturated rings. The van der Waals surface area contributed by atoms with Crippen LogP contribution in [0.5, 0.6) is 5.75 Å². The number of unbranched alkanes of at least 4 members (excludes halogenated alkanes) is 1. The van der Waals surface area contributed by atoms with Crippen molar-refractivity contribution in [3.05, 3.63) is 65.7 Å². The summed E-state index contributed by atoms with van der Waals surface area (Å²) in [5.74, 6) is -12.7. The van der Waals surface area contributed by atoms with Crippen molar-refractivity contribution in [3.8, 4) is 5.75 Å². The number of hydrogen-bond donors (Lipinski definition) is 17. The molecule has 34 heteroatoms.